The van der Waals surface area contributed by atoms with Crippen LogP contribution in [0.25, 0.3) is 0 Å². The lowest BCUT2D eigenvalue weighted by Crippen LogP contribution is -2.38. The lowest BCUT2D eigenvalue weighted by Gasteiger charge is -2.21. The highest BCUT2D eigenvalue weighted by Crippen LogP contribution is 2.27. The molecule has 0 radical (unpaired) electrons. The summed E-state index contributed by atoms with van der Waals surface area (Å²) in [5.41, 5.74) is 0. The number of benzene rings is 1. The molecule has 1 amide bonds. The summed E-state index contributed by atoms with van der Waals surface area (Å²) in [6.07, 6.45) is 2.08. The zero-order valence-electron chi connectivity index (χ0n) is 7.90. The Labute approximate surface area is 88.1 Å². The van der Waals surface area contributed by atoms with E-state index in [0.717, 1.165) is 19.4 Å². The molecule has 74 valence electrons. The Balaban J connectivity index is 2.00. The molecule has 2 rings (SSSR count). The van der Waals surface area contributed by atoms with Crippen LogP contribution >= 0.6 is 11.8 Å². The van der Waals surface area contributed by atoms with Gasteiger partial charge in [0.25, 0.3) is 0 Å². The van der Waals surface area contributed by atoms with Crippen LogP contribution in [0.2, 0.25) is 0 Å². The third-order valence-corrected chi connectivity index (χ3v) is 3.53. The van der Waals surface area contributed by atoms with Gasteiger partial charge in [-0.2, -0.15) is 0 Å². The molecular weight excluding hydrogens is 194 g/mol. The first-order valence-electron chi connectivity index (χ1n) is 4.86. The van der Waals surface area contributed by atoms with Gasteiger partial charge in [-0.15, -0.1) is 11.8 Å². The quantitative estimate of drug-likeness (QED) is 0.804. The molecule has 0 bridgehead atoms. The average Bonchev–Trinajstić information content (AvgIpc) is 2.23. The van der Waals surface area contributed by atoms with Crippen LogP contribution in [-0.2, 0) is 4.79 Å². The lowest BCUT2D eigenvalue weighted by molar-refractivity contribution is -0.121. The van der Waals surface area contributed by atoms with E-state index in [-0.39, 0.29) is 11.2 Å². The van der Waals surface area contributed by atoms with Crippen molar-refractivity contribution >= 4 is 17.7 Å². The van der Waals surface area contributed by atoms with Crippen molar-refractivity contribution in [2.24, 2.45) is 0 Å². The number of rotatable bonds is 2. The lowest BCUT2D eigenvalue weighted by atomic mass is 10.1. The molecular formula is C11H13NOS. The summed E-state index contributed by atoms with van der Waals surface area (Å²) in [7, 11) is 0. The Bertz CT molecular complexity index is 312. The van der Waals surface area contributed by atoms with Gasteiger partial charge in [-0.25, -0.2) is 0 Å². The summed E-state index contributed by atoms with van der Waals surface area (Å²) < 4.78 is 0. The minimum Gasteiger partial charge on any atom is -0.355 e. The molecule has 1 atom stereocenters. The molecule has 1 heterocycles. The number of hydrogen-bond donors (Lipinski definition) is 1. The van der Waals surface area contributed by atoms with Gasteiger partial charge in [0, 0.05) is 11.4 Å². The van der Waals surface area contributed by atoms with Crippen molar-refractivity contribution in [2.75, 3.05) is 6.54 Å². The van der Waals surface area contributed by atoms with Crippen LogP contribution in [0.4, 0.5) is 0 Å². The Morgan fingerprint density at radius 3 is 2.79 bits per heavy atom. The largest absolute Gasteiger partial charge is 0.355 e. The predicted octanol–water partition coefficient (Wildman–Crippen LogP) is 2.06. The van der Waals surface area contributed by atoms with Gasteiger partial charge in [0.05, 0.1) is 5.25 Å². The highest BCUT2D eigenvalue weighted by Gasteiger charge is 2.22. The van der Waals surface area contributed by atoms with Crippen LogP contribution in [0, 0.1) is 0 Å². The average molecular weight is 207 g/mol. The smallest absolute Gasteiger partial charge is 0.233 e. The van der Waals surface area contributed by atoms with Gasteiger partial charge < -0.3 is 5.32 Å². The van der Waals surface area contributed by atoms with Crippen molar-refractivity contribution < 1.29 is 4.79 Å². The number of piperidine rings is 1. The number of carbonyl (C=O) groups excluding carboxylic acids is 1. The van der Waals surface area contributed by atoms with Gasteiger partial charge >= 0.3 is 0 Å². The minimum absolute atomic E-state index is 0.103. The van der Waals surface area contributed by atoms with Gasteiger partial charge in [0.2, 0.25) is 5.91 Å². The molecule has 1 aromatic carbocycles. The van der Waals surface area contributed by atoms with E-state index < -0.39 is 0 Å². The van der Waals surface area contributed by atoms with Crippen molar-refractivity contribution in [3.63, 3.8) is 0 Å². The first-order chi connectivity index (χ1) is 6.86. The van der Waals surface area contributed by atoms with E-state index in [0.29, 0.717) is 0 Å². The second-order valence-electron chi connectivity index (χ2n) is 3.35. The highest BCUT2D eigenvalue weighted by atomic mass is 32.2. The van der Waals surface area contributed by atoms with E-state index in [1.54, 1.807) is 11.8 Å². The zero-order chi connectivity index (χ0) is 9.80. The van der Waals surface area contributed by atoms with Crippen LogP contribution in [0.3, 0.4) is 0 Å². The Morgan fingerprint density at radius 1 is 1.29 bits per heavy atom. The molecule has 0 aromatic heterocycles. The second-order valence-corrected chi connectivity index (χ2v) is 4.63. The summed E-state index contributed by atoms with van der Waals surface area (Å²) >= 11 is 1.66. The molecule has 0 spiro atoms. The maximum atomic E-state index is 11.5. The van der Waals surface area contributed by atoms with E-state index in [1.807, 2.05) is 30.3 Å². The van der Waals surface area contributed by atoms with Crippen molar-refractivity contribution in [1.82, 2.24) is 5.32 Å². The van der Waals surface area contributed by atoms with Gasteiger partial charge in [-0.1, -0.05) is 18.2 Å². The van der Waals surface area contributed by atoms with Crippen LogP contribution in [-0.4, -0.2) is 17.7 Å². The fourth-order valence-corrected chi connectivity index (χ4v) is 2.64. The standard InChI is InChI=1S/C11H13NOS/c13-11-10(7-4-8-12-11)14-9-5-2-1-3-6-9/h1-3,5-6,10H,4,7-8H2,(H,12,13). The number of thioether (sulfide) groups is 1. The molecule has 0 aliphatic carbocycles. The van der Waals surface area contributed by atoms with Crippen LogP contribution in [0.1, 0.15) is 12.8 Å². The van der Waals surface area contributed by atoms with Crippen molar-refractivity contribution in [2.45, 2.75) is 23.0 Å². The van der Waals surface area contributed by atoms with E-state index in [2.05, 4.69) is 5.32 Å². The number of carbonyl (C=O) groups is 1. The van der Waals surface area contributed by atoms with Crippen molar-refractivity contribution in [1.29, 1.82) is 0 Å². The summed E-state index contributed by atoms with van der Waals surface area (Å²) in [6, 6.07) is 10.1. The Hall–Kier alpha value is -0.960. The van der Waals surface area contributed by atoms with E-state index in [9.17, 15) is 4.79 Å². The van der Waals surface area contributed by atoms with Crippen LogP contribution in [0.5, 0.6) is 0 Å². The molecule has 1 fully saturated rings. The van der Waals surface area contributed by atoms with E-state index in [1.165, 1.54) is 4.90 Å². The monoisotopic (exact) mass is 207 g/mol. The molecule has 1 saturated heterocycles. The maximum Gasteiger partial charge on any atom is 0.233 e. The fraction of sp³-hybridized carbons (Fsp3) is 0.364. The number of amides is 1. The molecule has 0 saturated carbocycles. The van der Waals surface area contributed by atoms with Gasteiger partial charge in [-0.3, -0.25) is 4.79 Å². The Kier molecular flexibility index (Phi) is 3.09. The molecule has 1 unspecified atom stereocenters. The molecule has 1 aliphatic heterocycles. The topological polar surface area (TPSA) is 29.1 Å². The van der Waals surface area contributed by atoms with Crippen LogP contribution < -0.4 is 5.32 Å². The normalized spacial score (nSPS) is 21.7. The molecule has 1 N–H and O–H groups in total. The van der Waals surface area contributed by atoms with Crippen molar-refractivity contribution in [3.05, 3.63) is 30.3 Å². The van der Waals surface area contributed by atoms with Crippen LogP contribution in [0.15, 0.2) is 35.2 Å². The highest BCUT2D eigenvalue weighted by molar-refractivity contribution is 8.00. The van der Waals surface area contributed by atoms with E-state index in [4.69, 9.17) is 0 Å². The first-order valence-corrected chi connectivity index (χ1v) is 5.73. The van der Waals surface area contributed by atoms with Crippen molar-refractivity contribution in [3.8, 4) is 0 Å². The fourth-order valence-electron chi connectivity index (χ4n) is 1.52. The Morgan fingerprint density at radius 2 is 2.07 bits per heavy atom. The van der Waals surface area contributed by atoms with Gasteiger partial charge in [0.15, 0.2) is 0 Å². The molecule has 2 nitrogen and oxygen atoms in total. The summed E-state index contributed by atoms with van der Waals surface area (Å²) in [6.45, 7) is 0.838. The molecule has 3 heteroatoms. The van der Waals surface area contributed by atoms with Gasteiger partial charge in [-0.05, 0) is 25.0 Å². The molecule has 1 aromatic rings. The zero-order valence-corrected chi connectivity index (χ0v) is 8.72. The third-order valence-electron chi connectivity index (χ3n) is 2.26. The number of hydrogen-bond acceptors (Lipinski definition) is 2. The van der Waals surface area contributed by atoms with E-state index >= 15 is 0 Å². The minimum atomic E-state index is 0.103. The maximum absolute atomic E-state index is 11.5. The predicted molar refractivity (Wildman–Crippen MR) is 58.3 cm³/mol. The first kappa shape index (κ1) is 9.59. The summed E-state index contributed by atoms with van der Waals surface area (Å²) in [5.74, 6) is 0.185. The number of nitrogens with one attached hydrogen (secondary N) is 1. The third kappa shape index (κ3) is 2.29. The second kappa shape index (κ2) is 4.51. The SMILES string of the molecule is O=C1NCCCC1Sc1ccccc1. The molecule has 1 aliphatic rings. The van der Waals surface area contributed by atoms with Gasteiger partial charge in [0.1, 0.15) is 0 Å². The summed E-state index contributed by atoms with van der Waals surface area (Å²) in [5, 5.41) is 3.00. The summed E-state index contributed by atoms with van der Waals surface area (Å²) in [4.78, 5) is 12.6. The molecule has 14 heavy (non-hydrogen) atoms.